The summed E-state index contributed by atoms with van der Waals surface area (Å²) in [6, 6.07) is 1.44. The minimum atomic E-state index is -1.10. The molecule has 4 heteroatoms. The van der Waals surface area contributed by atoms with Crippen LogP contribution in [0, 0.1) is 24.8 Å². The Morgan fingerprint density at radius 1 is 0.917 bits per heavy atom. The van der Waals surface area contributed by atoms with Crippen molar-refractivity contribution in [3.63, 3.8) is 0 Å². The quantitative estimate of drug-likeness (QED) is 0.521. The van der Waals surface area contributed by atoms with Gasteiger partial charge in [-0.1, -0.05) is 0 Å². The molecule has 0 saturated carbocycles. The van der Waals surface area contributed by atoms with Crippen molar-refractivity contribution in [3.8, 4) is 0 Å². The Labute approximate surface area is 67.7 Å². The summed E-state index contributed by atoms with van der Waals surface area (Å²) >= 11 is 0. The van der Waals surface area contributed by atoms with Crippen LogP contribution in [0.1, 0.15) is 0 Å². The molecule has 0 unspecified atom stereocenters. The third kappa shape index (κ3) is 1.23. The van der Waals surface area contributed by atoms with Crippen LogP contribution >= 0.6 is 0 Å². The molecule has 0 aromatic heterocycles. The van der Waals surface area contributed by atoms with Gasteiger partial charge < -0.3 is 0 Å². The molecule has 0 N–H and O–H groups in total. The molecule has 0 heterocycles. The Balaban J connectivity index is 3.44. The van der Waals surface area contributed by atoms with E-state index in [1.165, 1.54) is 0 Å². The number of hydrogen-bond acceptors (Lipinski definition) is 0. The summed E-state index contributed by atoms with van der Waals surface area (Å²) in [6.45, 7) is 13.1. The van der Waals surface area contributed by atoms with E-state index in [9.17, 15) is 8.78 Å². The molecule has 0 spiro atoms. The van der Waals surface area contributed by atoms with Crippen LogP contribution in [0.2, 0.25) is 0 Å². The fourth-order valence-corrected chi connectivity index (χ4v) is 0.705. The third-order valence-electron chi connectivity index (χ3n) is 1.26. The summed E-state index contributed by atoms with van der Waals surface area (Å²) in [4.78, 5) is 5.75. The van der Waals surface area contributed by atoms with Crippen molar-refractivity contribution in [1.29, 1.82) is 0 Å². The Morgan fingerprint density at radius 3 is 1.50 bits per heavy atom. The van der Waals surface area contributed by atoms with Crippen molar-refractivity contribution >= 4 is 11.4 Å². The maximum Gasteiger partial charge on any atom is 0.197 e. The molecule has 1 rings (SSSR count). The highest BCUT2D eigenvalue weighted by atomic mass is 19.2. The largest absolute Gasteiger partial charge is 0.250 e. The van der Waals surface area contributed by atoms with Gasteiger partial charge in [0.05, 0.1) is 13.1 Å². The monoisotopic (exact) mass is 164 g/mol. The zero-order valence-corrected chi connectivity index (χ0v) is 5.81. The summed E-state index contributed by atoms with van der Waals surface area (Å²) in [5.74, 6) is -2.21. The lowest BCUT2D eigenvalue weighted by atomic mass is 10.2. The molecule has 0 aliphatic heterocycles. The van der Waals surface area contributed by atoms with E-state index in [0.29, 0.717) is 0 Å². The van der Waals surface area contributed by atoms with Crippen LogP contribution in [0.5, 0.6) is 0 Å². The summed E-state index contributed by atoms with van der Waals surface area (Å²) < 4.78 is 24.9. The lowest BCUT2D eigenvalue weighted by Gasteiger charge is -1.95. The molecule has 0 aliphatic rings. The maximum absolute atomic E-state index is 12.5. The van der Waals surface area contributed by atoms with Gasteiger partial charge in [-0.25, -0.2) is 18.5 Å². The normalized spacial score (nSPS) is 8.67. The molecular formula is C8H2F2N2. The standard InChI is InChI=1S/C8H2F2N2/c1-11-7-3-5(9)6(10)4-8(7)12-2/h3-4H. The Morgan fingerprint density at radius 2 is 1.25 bits per heavy atom. The summed E-state index contributed by atoms with van der Waals surface area (Å²) in [7, 11) is 0. The van der Waals surface area contributed by atoms with Gasteiger partial charge in [-0.05, 0) is 12.1 Å². The first-order valence-corrected chi connectivity index (χ1v) is 2.93. The second-order valence-electron chi connectivity index (χ2n) is 1.98. The second kappa shape index (κ2) is 2.98. The predicted octanol–water partition coefficient (Wildman–Crippen LogP) is 3.07. The van der Waals surface area contributed by atoms with Crippen LogP contribution < -0.4 is 0 Å². The third-order valence-corrected chi connectivity index (χ3v) is 1.26. The van der Waals surface area contributed by atoms with E-state index in [2.05, 4.69) is 9.69 Å². The molecular weight excluding hydrogens is 162 g/mol. The van der Waals surface area contributed by atoms with Crippen LogP contribution in [-0.2, 0) is 0 Å². The number of rotatable bonds is 0. The molecule has 0 fully saturated rings. The van der Waals surface area contributed by atoms with E-state index in [4.69, 9.17) is 13.1 Å². The van der Waals surface area contributed by atoms with Gasteiger partial charge in [0.2, 0.25) is 0 Å². The molecule has 2 nitrogen and oxygen atoms in total. The van der Waals surface area contributed by atoms with Crippen molar-refractivity contribution in [2.24, 2.45) is 0 Å². The zero-order valence-electron chi connectivity index (χ0n) is 5.81. The Hall–Kier alpha value is -1.94. The predicted molar refractivity (Wildman–Crippen MR) is 38.9 cm³/mol. The highest BCUT2D eigenvalue weighted by molar-refractivity contribution is 5.70. The molecule has 0 radical (unpaired) electrons. The summed E-state index contributed by atoms with van der Waals surface area (Å²) in [5.41, 5.74) is -0.326. The van der Waals surface area contributed by atoms with Gasteiger partial charge in [0.25, 0.3) is 0 Å². The molecule has 0 saturated heterocycles. The van der Waals surface area contributed by atoms with E-state index in [0.717, 1.165) is 12.1 Å². The van der Waals surface area contributed by atoms with Gasteiger partial charge in [-0.2, -0.15) is 0 Å². The second-order valence-corrected chi connectivity index (χ2v) is 1.98. The molecule has 0 atom stereocenters. The molecule has 58 valence electrons. The topological polar surface area (TPSA) is 8.72 Å². The van der Waals surface area contributed by atoms with Crippen molar-refractivity contribution in [3.05, 3.63) is 46.6 Å². The van der Waals surface area contributed by atoms with Gasteiger partial charge in [-0.3, -0.25) is 0 Å². The van der Waals surface area contributed by atoms with Gasteiger partial charge in [0.1, 0.15) is 11.6 Å². The van der Waals surface area contributed by atoms with Crippen molar-refractivity contribution in [2.45, 2.75) is 0 Å². The van der Waals surface area contributed by atoms with E-state index in [-0.39, 0.29) is 11.4 Å². The van der Waals surface area contributed by atoms with Gasteiger partial charge in [-0.15, -0.1) is 0 Å². The minimum Gasteiger partial charge on any atom is -0.250 e. The molecule has 0 aliphatic carbocycles. The van der Waals surface area contributed by atoms with Crippen molar-refractivity contribution in [2.75, 3.05) is 0 Å². The minimum absolute atomic E-state index is 0.163. The maximum atomic E-state index is 12.5. The summed E-state index contributed by atoms with van der Waals surface area (Å²) in [6.07, 6.45) is 0. The van der Waals surface area contributed by atoms with Crippen LogP contribution in [0.25, 0.3) is 9.69 Å². The van der Waals surface area contributed by atoms with Crippen LogP contribution in [0.4, 0.5) is 20.2 Å². The van der Waals surface area contributed by atoms with Gasteiger partial charge >= 0.3 is 0 Å². The first-order chi connectivity index (χ1) is 5.69. The molecule has 0 amide bonds. The molecule has 1 aromatic carbocycles. The van der Waals surface area contributed by atoms with Crippen molar-refractivity contribution < 1.29 is 8.78 Å². The Kier molecular flexibility index (Phi) is 2.02. The fourth-order valence-electron chi connectivity index (χ4n) is 0.705. The lowest BCUT2D eigenvalue weighted by molar-refractivity contribution is 0.510. The Bertz CT molecular complexity index is 360. The SMILES string of the molecule is [C-]#[N+]c1cc(F)c(F)cc1[N+]#[C-]. The summed E-state index contributed by atoms with van der Waals surface area (Å²) in [5, 5.41) is 0. The lowest BCUT2D eigenvalue weighted by Crippen LogP contribution is -1.80. The molecule has 1 aromatic rings. The number of hydrogen-bond donors (Lipinski definition) is 0. The average Bonchev–Trinajstić information content (AvgIpc) is 2.09. The van der Waals surface area contributed by atoms with E-state index in [1.54, 1.807) is 0 Å². The fraction of sp³-hybridized carbons (Fsp3) is 0. The van der Waals surface area contributed by atoms with Crippen LogP contribution in [0.15, 0.2) is 12.1 Å². The first kappa shape index (κ1) is 8.16. The highest BCUT2D eigenvalue weighted by Crippen LogP contribution is 2.29. The van der Waals surface area contributed by atoms with Crippen LogP contribution in [-0.4, -0.2) is 0 Å². The number of halogens is 2. The molecule has 0 bridgehead atoms. The number of nitrogens with zero attached hydrogens (tertiary/aromatic N) is 2. The first-order valence-electron chi connectivity index (χ1n) is 2.93. The zero-order chi connectivity index (χ0) is 9.14. The van der Waals surface area contributed by atoms with Crippen LogP contribution in [0.3, 0.4) is 0 Å². The molecule has 12 heavy (non-hydrogen) atoms. The van der Waals surface area contributed by atoms with Crippen molar-refractivity contribution in [1.82, 2.24) is 0 Å². The van der Waals surface area contributed by atoms with E-state index < -0.39 is 11.6 Å². The van der Waals surface area contributed by atoms with Gasteiger partial charge in [0, 0.05) is 0 Å². The number of benzene rings is 1. The smallest absolute Gasteiger partial charge is 0.197 e. The van der Waals surface area contributed by atoms with Gasteiger partial charge in [0.15, 0.2) is 11.4 Å². The average molecular weight is 164 g/mol. The highest BCUT2D eigenvalue weighted by Gasteiger charge is 2.08. The van der Waals surface area contributed by atoms with E-state index in [1.807, 2.05) is 0 Å². The van der Waals surface area contributed by atoms with E-state index >= 15 is 0 Å².